The number of hydrogen-bond donors (Lipinski definition) is 0. The number of carbonyl (C=O) groups excluding carboxylic acids is 1. The van der Waals surface area contributed by atoms with Crippen LogP contribution in [0.5, 0.6) is 0 Å². The SMILES string of the molecule is [C-]#[N+]/C(C#N)=C1/N(CCN(CC)Cc2ccc(CN3CCCCC3)cc2)CCN1C(=O)c1cc(C)cc(C)c1. The van der Waals surface area contributed by atoms with E-state index >= 15 is 0 Å². The number of carbonyl (C=O) groups is 1. The third kappa shape index (κ3) is 7.26. The summed E-state index contributed by atoms with van der Waals surface area (Å²) in [7, 11) is 0. The van der Waals surface area contributed by atoms with Crippen LogP contribution in [-0.4, -0.2) is 71.3 Å². The van der Waals surface area contributed by atoms with Gasteiger partial charge in [-0.3, -0.25) is 14.6 Å². The normalized spacial score (nSPS) is 17.3. The summed E-state index contributed by atoms with van der Waals surface area (Å²) >= 11 is 0. The number of allylic oxidation sites excluding steroid dienone is 1. The summed E-state index contributed by atoms with van der Waals surface area (Å²) in [6, 6.07) is 16.8. The van der Waals surface area contributed by atoms with Crippen LogP contribution in [0.3, 0.4) is 0 Å². The van der Waals surface area contributed by atoms with Crippen molar-refractivity contribution < 1.29 is 4.79 Å². The number of hydrogen-bond acceptors (Lipinski definition) is 5. The number of aryl methyl sites for hydroxylation is 2. The summed E-state index contributed by atoms with van der Waals surface area (Å²) in [5.74, 6) is 0.280. The Hall–Kier alpha value is -3.65. The molecule has 7 nitrogen and oxygen atoms in total. The molecule has 2 aromatic carbocycles. The highest BCUT2D eigenvalue weighted by atomic mass is 16.2. The Morgan fingerprint density at radius 2 is 1.67 bits per heavy atom. The highest BCUT2D eigenvalue weighted by Gasteiger charge is 2.33. The molecule has 2 aliphatic rings. The Balaban J connectivity index is 1.40. The van der Waals surface area contributed by atoms with Crippen LogP contribution in [-0.2, 0) is 13.1 Å². The zero-order valence-electron chi connectivity index (χ0n) is 23.6. The number of nitrogens with zero attached hydrogens (tertiary/aromatic N) is 6. The van der Waals surface area contributed by atoms with Crippen LogP contribution in [0.2, 0.25) is 0 Å². The molecule has 204 valence electrons. The Labute approximate surface area is 233 Å². The molecule has 2 saturated heterocycles. The average Bonchev–Trinajstić information content (AvgIpc) is 3.36. The lowest BCUT2D eigenvalue weighted by atomic mass is 10.1. The topological polar surface area (TPSA) is 58.2 Å². The first-order chi connectivity index (χ1) is 18.9. The second kappa shape index (κ2) is 13.4. The van der Waals surface area contributed by atoms with Gasteiger partial charge in [-0.1, -0.05) is 54.8 Å². The minimum absolute atomic E-state index is 0.0300. The molecule has 0 spiro atoms. The molecule has 2 fully saturated rings. The predicted octanol–water partition coefficient (Wildman–Crippen LogP) is 5.18. The molecule has 0 aromatic heterocycles. The third-order valence-electron chi connectivity index (χ3n) is 7.71. The van der Waals surface area contributed by atoms with Gasteiger partial charge in [-0.05, 0) is 69.6 Å². The van der Waals surface area contributed by atoms with E-state index in [-0.39, 0.29) is 11.6 Å². The van der Waals surface area contributed by atoms with Crippen LogP contribution < -0.4 is 0 Å². The lowest BCUT2D eigenvalue weighted by Gasteiger charge is -2.28. The second-order valence-corrected chi connectivity index (χ2v) is 10.7. The van der Waals surface area contributed by atoms with E-state index in [9.17, 15) is 10.1 Å². The van der Waals surface area contributed by atoms with Crippen molar-refractivity contribution in [2.45, 2.75) is 53.1 Å². The zero-order chi connectivity index (χ0) is 27.8. The van der Waals surface area contributed by atoms with Gasteiger partial charge in [0.1, 0.15) is 5.82 Å². The molecular weight excluding hydrogens is 484 g/mol. The first-order valence-electron chi connectivity index (χ1n) is 14.1. The molecule has 0 atom stereocenters. The van der Waals surface area contributed by atoms with Gasteiger partial charge in [-0.25, -0.2) is 10.1 Å². The summed E-state index contributed by atoms with van der Waals surface area (Å²) in [5.41, 5.74) is 5.24. The molecule has 2 aromatic rings. The quantitative estimate of drug-likeness (QED) is 0.334. The van der Waals surface area contributed by atoms with E-state index in [1.54, 1.807) is 4.90 Å². The highest BCUT2D eigenvalue weighted by Crippen LogP contribution is 2.26. The summed E-state index contributed by atoms with van der Waals surface area (Å²) in [6.45, 7) is 21.3. The maximum absolute atomic E-state index is 13.5. The smallest absolute Gasteiger partial charge is 0.301 e. The molecule has 2 heterocycles. The number of rotatable bonds is 9. The maximum Gasteiger partial charge on any atom is 0.301 e. The van der Waals surface area contributed by atoms with E-state index in [0.29, 0.717) is 31.0 Å². The molecule has 0 radical (unpaired) electrons. The number of likely N-dealkylation sites (tertiary alicyclic amines) is 1. The van der Waals surface area contributed by atoms with Gasteiger partial charge in [0.2, 0.25) is 0 Å². The van der Waals surface area contributed by atoms with Crippen molar-refractivity contribution in [3.05, 3.63) is 93.2 Å². The van der Waals surface area contributed by atoms with Crippen molar-refractivity contribution in [2.24, 2.45) is 0 Å². The van der Waals surface area contributed by atoms with Gasteiger partial charge in [-0.15, -0.1) is 0 Å². The minimum atomic E-state index is -0.160. The molecule has 0 aliphatic carbocycles. The van der Waals surface area contributed by atoms with Crippen LogP contribution in [0.15, 0.2) is 54.0 Å². The van der Waals surface area contributed by atoms with E-state index in [4.69, 9.17) is 6.57 Å². The lowest BCUT2D eigenvalue weighted by Crippen LogP contribution is -2.35. The fraction of sp³-hybridized carbons (Fsp3) is 0.469. The molecule has 4 rings (SSSR count). The van der Waals surface area contributed by atoms with Crippen molar-refractivity contribution in [1.29, 1.82) is 5.26 Å². The monoisotopic (exact) mass is 524 g/mol. The van der Waals surface area contributed by atoms with Gasteiger partial charge < -0.3 is 9.80 Å². The second-order valence-electron chi connectivity index (χ2n) is 10.7. The first kappa shape index (κ1) is 28.4. The van der Waals surface area contributed by atoms with Gasteiger partial charge in [-0.2, -0.15) is 0 Å². The van der Waals surface area contributed by atoms with E-state index in [0.717, 1.165) is 37.3 Å². The number of nitriles is 1. The van der Waals surface area contributed by atoms with Gasteiger partial charge >= 0.3 is 5.70 Å². The van der Waals surface area contributed by atoms with E-state index in [1.807, 2.05) is 43.0 Å². The summed E-state index contributed by atoms with van der Waals surface area (Å²) in [4.78, 5) is 25.5. The summed E-state index contributed by atoms with van der Waals surface area (Å²) in [5, 5.41) is 9.71. The predicted molar refractivity (Wildman–Crippen MR) is 154 cm³/mol. The van der Waals surface area contributed by atoms with Gasteiger partial charge in [0.05, 0.1) is 12.6 Å². The third-order valence-corrected chi connectivity index (χ3v) is 7.71. The van der Waals surface area contributed by atoms with Crippen molar-refractivity contribution in [1.82, 2.24) is 19.6 Å². The van der Waals surface area contributed by atoms with E-state index < -0.39 is 0 Å². The minimum Gasteiger partial charge on any atom is -0.363 e. The summed E-state index contributed by atoms with van der Waals surface area (Å²) < 4.78 is 0. The number of amides is 1. The fourth-order valence-corrected chi connectivity index (χ4v) is 5.67. The largest absolute Gasteiger partial charge is 0.363 e. The average molecular weight is 525 g/mol. The molecule has 0 bridgehead atoms. The van der Waals surface area contributed by atoms with Crippen molar-refractivity contribution in [3.63, 3.8) is 0 Å². The Morgan fingerprint density at radius 1 is 1.00 bits per heavy atom. The number of piperidine rings is 1. The van der Waals surface area contributed by atoms with Gasteiger partial charge in [0, 0.05) is 44.8 Å². The molecule has 0 saturated carbocycles. The molecular formula is C32H40N6O. The van der Waals surface area contributed by atoms with Crippen molar-refractivity contribution in [2.75, 3.05) is 45.8 Å². The van der Waals surface area contributed by atoms with Crippen LogP contribution in [0.25, 0.3) is 4.85 Å². The molecule has 1 amide bonds. The van der Waals surface area contributed by atoms with Gasteiger partial charge in [0.25, 0.3) is 5.91 Å². The highest BCUT2D eigenvalue weighted by molar-refractivity contribution is 5.96. The Morgan fingerprint density at radius 3 is 2.28 bits per heavy atom. The Kier molecular flexibility index (Phi) is 9.76. The molecule has 7 heteroatoms. The van der Waals surface area contributed by atoms with Crippen LogP contribution in [0.4, 0.5) is 0 Å². The Bertz CT molecular complexity index is 1230. The first-order valence-corrected chi connectivity index (χ1v) is 14.1. The van der Waals surface area contributed by atoms with Crippen LogP contribution in [0.1, 0.15) is 58.8 Å². The van der Waals surface area contributed by atoms with Crippen molar-refractivity contribution in [3.8, 4) is 6.07 Å². The fourth-order valence-electron chi connectivity index (χ4n) is 5.67. The molecule has 2 aliphatic heterocycles. The lowest BCUT2D eigenvalue weighted by molar-refractivity contribution is 0.0816. The van der Waals surface area contributed by atoms with Crippen LogP contribution >= 0.6 is 0 Å². The number of likely N-dealkylation sites (N-methyl/N-ethyl adjacent to an activating group) is 1. The van der Waals surface area contributed by atoms with Gasteiger partial charge in [0.15, 0.2) is 0 Å². The molecule has 0 unspecified atom stereocenters. The summed E-state index contributed by atoms with van der Waals surface area (Å²) in [6.07, 6.45) is 3.97. The molecule has 39 heavy (non-hydrogen) atoms. The van der Waals surface area contributed by atoms with E-state index in [1.165, 1.54) is 43.5 Å². The molecule has 0 N–H and O–H groups in total. The zero-order valence-corrected chi connectivity index (χ0v) is 23.6. The van der Waals surface area contributed by atoms with Crippen molar-refractivity contribution >= 4 is 5.91 Å². The number of benzene rings is 2. The standard InChI is InChI=1S/C32H40N6O/c1-5-35(23-27-9-11-28(12-10-27)24-36-13-7-6-8-14-36)15-16-37-17-18-38(31(37)30(22-33)34-4)32(39)29-20-25(2)19-26(3)21-29/h9-12,19-21H,5-8,13-18,23-24H2,1-3H3/b31-30-. The maximum atomic E-state index is 13.5. The van der Waals surface area contributed by atoms with E-state index in [2.05, 4.69) is 45.8 Å². The van der Waals surface area contributed by atoms with Crippen LogP contribution in [0, 0.1) is 31.8 Å².